The fraction of sp³-hybridized carbons (Fsp3) is 0.667. The second kappa shape index (κ2) is 6.36. The number of piperazine rings is 1. The van der Waals surface area contributed by atoms with E-state index in [0.717, 1.165) is 9.80 Å². The van der Waals surface area contributed by atoms with Crippen molar-refractivity contribution < 1.29 is 24.3 Å². The molecule has 1 rings (SSSR count). The molecule has 4 amide bonds. The first kappa shape index (κ1) is 15.9. The van der Waals surface area contributed by atoms with Crippen molar-refractivity contribution in [1.29, 1.82) is 0 Å². The van der Waals surface area contributed by atoms with E-state index in [1.54, 1.807) is 20.8 Å². The maximum atomic E-state index is 12.4. The van der Waals surface area contributed by atoms with Crippen molar-refractivity contribution in [3.8, 4) is 0 Å². The van der Waals surface area contributed by atoms with Gasteiger partial charge in [-0.05, 0) is 20.3 Å². The van der Waals surface area contributed by atoms with Crippen LogP contribution in [-0.2, 0) is 14.4 Å². The van der Waals surface area contributed by atoms with Gasteiger partial charge in [0.2, 0.25) is 11.8 Å². The molecule has 1 aliphatic rings. The van der Waals surface area contributed by atoms with Gasteiger partial charge in [0.15, 0.2) is 0 Å². The number of carbonyl (C=O) groups excluding carboxylic acids is 3. The summed E-state index contributed by atoms with van der Waals surface area (Å²) in [4.78, 5) is 48.6. The lowest BCUT2D eigenvalue weighted by molar-refractivity contribution is -0.139. The van der Waals surface area contributed by atoms with E-state index in [-0.39, 0.29) is 12.6 Å². The molecule has 0 radical (unpaired) electrons. The van der Waals surface area contributed by atoms with E-state index in [0.29, 0.717) is 6.42 Å². The molecule has 2 N–H and O–H groups in total. The van der Waals surface area contributed by atoms with Crippen molar-refractivity contribution in [2.45, 2.75) is 39.3 Å². The molecule has 20 heavy (non-hydrogen) atoms. The van der Waals surface area contributed by atoms with Crippen molar-refractivity contribution in [2.75, 3.05) is 13.1 Å². The van der Waals surface area contributed by atoms with Crippen LogP contribution >= 0.6 is 0 Å². The molecule has 1 aliphatic heterocycles. The molecule has 0 aromatic heterocycles. The Morgan fingerprint density at radius 2 is 2.05 bits per heavy atom. The molecule has 0 aromatic rings. The van der Waals surface area contributed by atoms with Gasteiger partial charge in [0.05, 0.1) is 0 Å². The summed E-state index contributed by atoms with van der Waals surface area (Å²) in [6.45, 7) is 4.35. The van der Waals surface area contributed by atoms with Gasteiger partial charge < -0.3 is 14.9 Å². The number of nitrogens with one attached hydrogen (secondary N) is 1. The first-order chi connectivity index (χ1) is 9.27. The Labute approximate surface area is 116 Å². The van der Waals surface area contributed by atoms with Crippen LogP contribution in [-0.4, -0.2) is 63.9 Å². The summed E-state index contributed by atoms with van der Waals surface area (Å²) in [5.74, 6) is -2.24. The molecule has 8 heteroatoms. The fourth-order valence-corrected chi connectivity index (χ4v) is 2.06. The van der Waals surface area contributed by atoms with Gasteiger partial charge in [-0.1, -0.05) is 6.92 Å². The van der Waals surface area contributed by atoms with Gasteiger partial charge >= 0.3 is 12.0 Å². The lowest BCUT2D eigenvalue weighted by Crippen LogP contribution is -2.62. The Bertz CT molecular complexity index is 435. The van der Waals surface area contributed by atoms with Crippen LogP contribution in [0.3, 0.4) is 0 Å². The predicted molar refractivity (Wildman–Crippen MR) is 68.8 cm³/mol. The van der Waals surface area contributed by atoms with E-state index in [1.165, 1.54) is 0 Å². The van der Waals surface area contributed by atoms with Gasteiger partial charge in [-0.25, -0.2) is 4.79 Å². The number of nitrogens with zero attached hydrogens (tertiary/aromatic N) is 2. The Hall–Kier alpha value is -2.12. The van der Waals surface area contributed by atoms with Crippen LogP contribution in [0.5, 0.6) is 0 Å². The molecule has 112 valence electrons. The standard InChI is InChI=1S/C12H19N3O5/c1-4-8-11(19)13-9(16)5-15(8)12(20)14(7(2)3)6-10(17)18/h7-8H,4-6H2,1-3H3,(H,17,18)(H,13,16,19). The van der Waals surface area contributed by atoms with Gasteiger partial charge in [0.1, 0.15) is 19.1 Å². The SMILES string of the molecule is CCC1C(=O)NC(=O)CN1C(=O)N(CC(=O)O)C(C)C. The zero-order valence-electron chi connectivity index (χ0n) is 11.8. The minimum absolute atomic E-state index is 0.244. The van der Waals surface area contributed by atoms with E-state index in [2.05, 4.69) is 5.32 Å². The normalized spacial score (nSPS) is 19.0. The van der Waals surface area contributed by atoms with Crippen LogP contribution in [0.25, 0.3) is 0 Å². The number of hydrogen-bond acceptors (Lipinski definition) is 4. The molecule has 1 heterocycles. The van der Waals surface area contributed by atoms with Gasteiger partial charge in [-0.2, -0.15) is 0 Å². The van der Waals surface area contributed by atoms with Gasteiger partial charge in [-0.3, -0.25) is 19.7 Å². The minimum atomic E-state index is -1.15. The minimum Gasteiger partial charge on any atom is -0.480 e. The van der Waals surface area contributed by atoms with Gasteiger partial charge in [0, 0.05) is 6.04 Å². The summed E-state index contributed by atoms with van der Waals surface area (Å²) in [5, 5.41) is 11.0. The maximum Gasteiger partial charge on any atom is 0.323 e. The summed E-state index contributed by atoms with van der Waals surface area (Å²) in [5.41, 5.74) is 0. The van der Waals surface area contributed by atoms with Crippen molar-refractivity contribution in [2.24, 2.45) is 0 Å². The third kappa shape index (κ3) is 3.46. The molecule has 0 spiro atoms. The molecular formula is C12H19N3O5. The highest BCUT2D eigenvalue weighted by Gasteiger charge is 2.38. The summed E-state index contributed by atoms with van der Waals surface area (Å²) in [6, 6.07) is -1.72. The number of hydrogen-bond donors (Lipinski definition) is 2. The number of carboxylic acids is 1. The number of rotatable bonds is 4. The highest BCUT2D eigenvalue weighted by atomic mass is 16.4. The van der Waals surface area contributed by atoms with Crippen molar-refractivity contribution >= 4 is 23.8 Å². The van der Waals surface area contributed by atoms with E-state index in [9.17, 15) is 19.2 Å². The Balaban J connectivity index is 2.98. The monoisotopic (exact) mass is 285 g/mol. The highest BCUT2D eigenvalue weighted by molar-refractivity contribution is 6.04. The molecular weight excluding hydrogens is 266 g/mol. The van der Waals surface area contributed by atoms with Crippen molar-refractivity contribution in [1.82, 2.24) is 15.1 Å². The van der Waals surface area contributed by atoms with Crippen LogP contribution in [0.2, 0.25) is 0 Å². The fourth-order valence-electron chi connectivity index (χ4n) is 2.06. The second-order valence-electron chi connectivity index (χ2n) is 4.86. The second-order valence-corrected chi connectivity index (χ2v) is 4.86. The topological polar surface area (TPSA) is 107 Å². The van der Waals surface area contributed by atoms with E-state index in [1.807, 2.05) is 0 Å². The number of amides is 4. The third-order valence-corrected chi connectivity index (χ3v) is 3.06. The number of carboxylic acid groups (broad SMARTS) is 1. The molecule has 0 saturated carbocycles. The first-order valence-electron chi connectivity index (χ1n) is 6.40. The first-order valence-corrected chi connectivity index (χ1v) is 6.40. The van der Waals surface area contributed by atoms with Crippen LogP contribution in [0, 0.1) is 0 Å². The largest absolute Gasteiger partial charge is 0.480 e. The molecule has 0 aromatic carbocycles. The maximum absolute atomic E-state index is 12.4. The molecule has 1 saturated heterocycles. The molecule has 0 bridgehead atoms. The van der Waals surface area contributed by atoms with E-state index >= 15 is 0 Å². The lowest BCUT2D eigenvalue weighted by Gasteiger charge is -2.38. The van der Waals surface area contributed by atoms with E-state index in [4.69, 9.17) is 5.11 Å². The van der Waals surface area contributed by atoms with Gasteiger partial charge in [0.25, 0.3) is 0 Å². The number of urea groups is 1. The quantitative estimate of drug-likeness (QED) is 0.686. The average Bonchev–Trinajstić information content (AvgIpc) is 2.33. The van der Waals surface area contributed by atoms with Gasteiger partial charge in [-0.15, -0.1) is 0 Å². The zero-order valence-corrected chi connectivity index (χ0v) is 11.8. The van der Waals surface area contributed by atoms with Crippen molar-refractivity contribution in [3.05, 3.63) is 0 Å². The highest BCUT2D eigenvalue weighted by Crippen LogP contribution is 2.14. The zero-order chi connectivity index (χ0) is 15.4. The van der Waals surface area contributed by atoms with Crippen LogP contribution in [0.15, 0.2) is 0 Å². The Kier molecular flexibility index (Phi) is 5.06. The Morgan fingerprint density at radius 1 is 1.45 bits per heavy atom. The Morgan fingerprint density at radius 3 is 2.50 bits per heavy atom. The van der Waals surface area contributed by atoms with Crippen LogP contribution in [0.1, 0.15) is 27.2 Å². The van der Waals surface area contributed by atoms with Crippen molar-refractivity contribution in [3.63, 3.8) is 0 Å². The van der Waals surface area contributed by atoms with Crippen LogP contribution in [0.4, 0.5) is 4.79 Å². The smallest absolute Gasteiger partial charge is 0.323 e. The lowest BCUT2D eigenvalue weighted by atomic mass is 10.1. The number of aliphatic carboxylic acids is 1. The molecule has 0 aliphatic carbocycles. The predicted octanol–water partition coefficient (Wildman–Crippen LogP) is -0.362. The molecule has 1 atom stereocenters. The number of carbonyl (C=O) groups is 4. The third-order valence-electron chi connectivity index (χ3n) is 3.06. The summed E-state index contributed by atoms with van der Waals surface area (Å²) < 4.78 is 0. The summed E-state index contributed by atoms with van der Waals surface area (Å²) in [6.07, 6.45) is 0.351. The van der Waals surface area contributed by atoms with Crippen LogP contribution < -0.4 is 5.32 Å². The molecule has 1 unspecified atom stereocenters. The van der Waals surface area contributed by atoms with E-state index < -0.39 is 36.4 Å². The summed E-state index contributed by atoms with van der Waals surface area (Å²) >= 11 is 0. The summed E-state index contributed by atoms with van der Waals surface area (Å²) in [7, 11) is 0. The average molecular weight is 285 g/mol. The molecule has 1 fully saturated rings. The molecule has 8 nitrogen and oxygen atoms in total. The number of imide groups is 1.